The molecule has 0 saturated carbocycles. The van der Waals surface area contributed by atoms with Crippen LogP contribution in [0.1, 0.15) is 22.5 Å². The van der Waals surface area contributed by atoms with Crippen molar-refractivity contribution >= 4 is 11.8 Å². The van der Waals surface area contributed by atoms with E-state index >= 15 is 0 Å². The normalized spacial score (nSPS) is 12.5. The Morgan fingerprint density at radius 3 is 1.73 bits per heavy atom. The van der Waals surface area contributed by atoms with Gasteiger partial charge in [-0.2, -0.15) is 0 Å². The standard InChI is InChI=1S/C26H29N3O3.C20H17FN2O/c30-26(28-19-21-4-2-1-3-5-21)18-24-9-6-23(20-27-24)22-7-10-25(11-8-22)32-17-14-29-12-15-31-16-13-29;21-18-8-4-5-15(11-18)13-23-20(24)12-19-10-9-17(14-22-19)16-6-2-1-3-7-16/h1-11,20H,12-19H2,(H,28,30);1-11,14H,12-13H2,(H,23,24). The Kier molecular flexibility index (Phi) is 14.8. The van der Waals surface area contributed by atoms with Gasteiger partial charge in [-0.05, 0) is 58.7 Å². The number of ether oxygens (including phenoxy) is 2. The molecule has 9 nitrogen and oxygen atoms in total. The molecular weight excluding hydrogens is 706 g/mol. The van der Waals surface area contributed by atoms with Gasteiger partial charge < -0.3 is 20.1 Å². The molecular formula is C46H46FN5O4. The van der Waals surface area contributed by atoms with Crippen LogP contribution in [0.25, 0.3) is 22.3 Å². The Balaban J connectivity index is 0.000000198. The lowest BCUT2D eigenvalue weighted by Gasteiger charge is -2.26. The van der Waals surface area contributed by atoms with Gasteiger partial charge in [0, 0.05) is 67.6 Å². The Morgan fingerprint density at radius 1 is 0.625 bits per heavy atom. The number of amides is 2. The minimum atomic E-state index is -0.306. The number of halogens is 1. The summed E-state index contributed by atoms with van der Waals surface area (Å²) in [4.78, 5) is 35.3. The van der Waals surface area contributed by atoms with Crippen LogP contribution in [0.15, 0.2) is 146 Å². The maximum Gasteiger partial charge on any atom is 0.226 e. The summed E-state index contributed by atoms with van der Waals surface area (Å²) in [6, 6.07) is 41.8. The number of benzene rings is 4. The molecule has 7 rings (SSSR count). The quantitative estimate of drug-likeness (QED) is 0.123. The van der Waals surface area contributed by atoms with Crippen molar-refractivity contribution in [2.24, 2.45) is 0 Å². The fraction of sp³-hybridized carbons (Fsp3) is 0.217. The second-order valence-corrected chi connectivity index (χ2v) is 13.3. The zero-order valence-electron chi connectivity index (χ0n) is 31.3. The van der Waals surface area contributed by atoms with Gasteiger partial charge in [0.2, 0.25) is 11.8 Å². The molecule has 1 aliphatic rings. The van der Waals surface area contributed by atoms with Gasteiger partial charge in [0.25, 0.3) is 0 Å². The van der Waals surface area contributed by atoms with Gasteiger partial charge in [-0.1, -0.05) is 97.1 Å². The molecule has 0 unspecified atom stereocenters. The first-order chi connectivity index (χ1) is 27.5. The number of morpholine rings is 1. The molecule has 10 heteroatoms. The van der Waals surface area contributed by atoms with E-state index < -0.39 is 0 Å². The zero-order valence-corrected chi connectivity index (χ0v) is 31.3. The molecule has 0 atom stereocenters. The SMILES string of the molecule is O=C(Cc1ccc(-c2ccc(OCCN3CCOCC3)cc2)cn1)NCc1ccccc1.O=C(Cc1ccc(-c2ccccc2)cn1)NCc1cccc(F)c1. The predicted molar refractivity (Wildman–Crippen MR) is 216 cm³/mol. The van der Waals surface area contributed by atoms with Crippen LogP contribution in [0.5, 0.6) is 5.75 Å². The van der Waals surface area contributed by atoms with Crippen LogP contribution in [0.2, 0.25) is 0 Å². The monoisotopic (exact) mass is 751 g/mol. The first kappa shape index (κ1) is 39.5. The van der Waals surface area contributed by atoms with Crippen LogP contribution in [-0.4, -0.2) is 66.1 Å². The average Bonchev–Trinajstić information content (AvgIpc) is 3.24. The number of rotatable bonds is 14. The third-order valence-corrected chi connectivity index (χ3v) is 9.12. The van der Waals surface area contributed by atoms with Crippen LogP contribution >= 0.6 is 0 Å². The van der Waals surface area contributed by atoms with Gasteiger partial charge in [0.1, 0.15) is 18.2 Å². The summed E-state index contributed by atoms with van der Waals surface area (Å²) in [6.45, 7) is 5.97. The molecule has 0 spiro atoms. The Hall–Kier alpha value is -6.23. The predicted octanol–water partition coefficient (Wildman–Crippen LogP) is 7.07. The lowest BCUT2D eigenvalue weighted by atomic mass is 10.1. The van der Waals surface area contributed by atoms with E-state index in [0.29, 0.717) is 25.4 Å². The van der Waals surface area contributed by atoms with Gasteiger partial charge in [-0.3, -0.25) is 24.5 Å². The molecule has 1 saturated heterocycles. The second-order valence-electron chi connectivity index (χ2n) is 13.3. The van der Waals surface area contributed by atoms with Crippen LogP contribution in [0.3, 0.4) is 0 Å². The molecule has 2 N–H and O–H groups in total. The molecule has 2 aromatic heterocycles. The van der Waals surface area contributed by atoms with Gasteiger partial charge >= 0.3 is 0 Å². The average molecular weight is 752 g/mol. The summed E-state index contributed by atoms with van der Waals surface area (Å²) in [5.41, 5.74) is 7.45. The van der Waals surface area contributed by atoms with Crippen molar-refractivity contribution in [1.82, 2.24) is 25.5 Å². The minimum Gasteiger partial charge on any atom is -0.492 e. The highest BCUT2D eigenvalue weighted by Gasteiger charge is 2.11. The van der Waals surface area contributed by atoms with Gasteiger partial charge in [0.15, 0.2) is 0 Å². The van der Waals surface area contributed by atoms with E-state index in [1.54, 1.807) is 18.3 Å². The van der Waals surface area contributed by atoms with Crippen molar-refractivity contribution in [3.63, 3.8) is 0 Å². The van der Waals surface area contributed by atoms with Gasteiger partial charge in [-0.15, -0.1) is 0 Å². The van der Waals surface area contributed by atoms with Crippen LogP contribution < -0.4 is 15.4 Å². The van der Waals surface area contributed by atoms with E-state index in [1.165, 1.54) is 12.1 Å². The maximum absolute atomic E-state index is 13.1. The molecule has 0 aliphatic carbocycles. The van der Waals surface area contributed by atoms with Crippen molar-refractivity contribution in [3.8, 4) is 28.0 Å². The molecule has 286 valence electrons. The number of carbonyl (C=O) groups excluding carboxylic acids is 2. The molecule has 3 heterocycles. The highest BCUT2D eigenvalue weighted by atomic mass is 19.1. The first-order valence-corrected chi connectivity index (χ1v) is 18.8. The van der Waals surface area contributed by atoms with Crippen LogP contribution in [-0.2, 0) is 40.3 Å². The van der Waals surface area contributed by atoms with E-state index in [4.69, 9.17) is 9.47 Å². The van der Waals surface area contributed by atoms with E-state index in [1.807, 2.05) is 115 Å². The molecule has 0 bridgehead atoms. The van der Waals surface area contributed by atoms with E-state index in [-0.39, 0.29) is 30.5 Å². The smallest absolute Gasteiger partial charge is 0.226 e. The Morgan fingerprint density at radius 2 is 1.16 bits per heavy atom. The topological polar surface area (TPSA) is 106 Å². The first-order valence-electron chi connectivity index (χ1n) is 18.8. The van der Waals surface area contributed by atoms with Crippen molar-refractivity contribution in [2.75, 3.05) is 39.5 Å². The number of nitrogens with zero attached hydrogens (tertiary/aromatic N) is 3. The fourth-order valence-corrected chi connectivity index (χ4v) is 5.99. The van der Waals surface area contributed by atoms with Gasteiger partial charge in [-0.25, -0.2) is 4.39 Å². The second kappa shape index (κ2) is 21.0. The summed E-state index contributed by atoms with van der Waals surface area (Å²) in [7, 11) is 0. The largest absolute Gasteiger partial charge is 0.492 e. The van der Waals surface area contributed by atoms with E-state index in [2.05, 4.69) is 25.5 Å². The maximum atomic E-state index is 13.1. The van der Waals surface area contributed by atoms with Crippen molar-refractivity contribution in [3.05, 3.63) is 174 Å². The Bertz CT molecular complexity index is 2090. The fourth-order valence-electron chi connectivity index (χ4n) is 5.99. The minimum absolute atomic E-state index is 0.0346. The third kappa shape index (κ3) is 13.0. The lowest BCUT2D eigenvalue weighted by Crippen LogP contribution is -2.38. The highest BCUT2D eigenvalue weighted by molar-refractivity contribution is 5.79. The summed E-state index contributed by atoms with van der Waals surface area (Å²) in [5, 5.41) is 5.71. The van der Waals surface area contributed by atoms with E-state index in [9.17, 15) is 14.0 Å². The molecule has 2 amide bonds. The number of aromatic nitrogens is 2. The number of nitrogens with one attached hydrogen (secondary N) is 2. The summed E-state index contributed by atoms with van der Waals surface area (Å²) >= 11 is 0. The summed E-state index contributed by atoms with van der Waals surface area (Å²) in [5.74, 6) is 0.383. The number of carbonyl (C=O) groups is 2. The molecule has 6 aromatic rings. The third-order valence-electron chi connectivity index (χ3n) is 9.12. The number of hydrogen-bond donors (Lipinski definition) is 2. The van der Waals surface area contributed by atoms with Crippen molar-refractivity contribution in [2.45, 2.75) is 25.9 Å². The highest BCUT2D eigenvalue weighted by Crippen LogP contribution is 2.22. The molecule has 1 fully saturated rings. The molecule has 56 heavy (non-hydrogen) atoms. The van der Waals surface area contributed by atoms with Gasteiger partial charge in [0.05, 0.1) is 26.1 Å². The number of pyridine rings is 2. The van der Waals surface area contributed by atoms with Crippen LogP contribution in [0, 0.1) is 5.82 Å². The van der Waals surface area contributed by atoms with Crippen molar-refractivity contribution < 1.29 is 23.5 Å². The zero-order chi connectivity index (χ0) is 38.8. The Labute approximate surface area is 327 Å². The molecule has 4 aromatic carbocycles. The molecule has 0 radical (unpaired) electrons. The van der Waals surface area contributed by atoms with Crippen molar-refractivity contribution in [1.29, 1.82) is 0 Å². The van der Waals surface area contributed by atoms with Crippen LogP contribution in [0.4, 0.5) is 4.39 Å². The summed E-state index contributed by atoms with van der Waals surface area (Å²) < 4.78 is 24.3. The lowest BCUT2D eigenvalue weighted by molar-refractivity contribution is -0.121. The van der Waals surface area contributed by atoms with E-state index in [0.717, 1.165) is 77.7 Å². The summed E-state index contributed by atoms with van der Waals surface area (Å²) in [6.07, 6.45) is 4.05. The number of hydrogen-bond acceptors (Lipinski definition) is 7. The molecule has 1 aliphatic heterocycles.